The van der Waals surface area contributed by atoms with E-state index in [2.05, 4.69) is 5.32 Å². The molecule has 0 aromatic heterocycles. The van der Waals surface area contributed by atoms with Crippen molar-refractivity contribution in [2.75, 3.05) is 19.0 Å². The smallest absolute Gasteiger partial charge is 0.382 e. The Hall–Kier alpha value is -1.23. The van der Waals surface area contributed by atoms with Gasteiger partial charge in [0.2, 0.25) is 0 Å². The molecule has 0 amide bonds. The largest absolute Gasteiger partial charge is 0.416 e. The summed E-state index contributed by atoms with van der Waals surface area (Å²) in [6, 6.07) is 3.85. The lowest BCUT2D eigenvalue weighted by Gasteiger charge is -2.36. The predicted octanol–water partition coefficient (Wildman–Crippen LogP) is 3.47. The van der Waals surface area contributed by atoms with Crippen LogP contribution in [-0.2, 0) is 17.3 Å². The van der Waals surface area contributed by atoms with Gasteiger partial charge in [0.05, 0.1) is 17.7 Å². The molecular weight excluding hydrogens is 243 g/mol. The first-order valence-corrected chi connectivity index (χ1v) is 5.81. The first-order valence-electron chi connectivity index (χ1n) is 5.81. The number of ether oxygens (including phenoxy) is 1. The second-order valence-corrected chi connectivity index (χ2v) is 4.99. The van der Waals surface area contributed by atoms with E-state index >= 15 is 0 Å². The fourth-order valence-electron chi connectivity index (χ4n) is 2.32. The van der Waals surface area contributed by atoms with E-state index in [0.29, 0.717) is 13.0 Å². The second kappa shape index (κ2) is 4.46. The Balaban J connectivity index is 2.26. The quantitative estimate of drug-likeness (QED) is 0.878. The van der Waals surface area contributed by atoms with E-state index in [4.69, 9.17) is 4.74 Å². The maximum absolute atomic E-state index is 12.6. The number of hydrogen-bond acceptors (Lipinski definition) is 2. The zero-order valence-corrected chi connectivity index (χ0v) is 10.4. The molecule has 2 rings (SSSR count). The Morgan fingerprint density at radius 1 is 1.39 bits per heavy atom. The molecule has 0 fully saturated rings. The maximum Gasteiger partial charge on any atom is 0.416 e. The fourth-order valence-corrected chi connectivity index (χ4v) is 2.32. The monoisotopic (exact) mass is 259 g/mol. The molecule has 1 N–H and O–H groups in total. The summed E-state index contributed by atoms with van der Waals surface area (Å²) in [6.45, 7) is 2.55. The van der Waals surface area contributed by atoms with Crippen molar-refractivity contribution >= 4 is 5.69 Å². The molecule has 0 bridgehead atoms. The summed E-state index contributed by atoms with van der Waals surface area (Å²) < 4.78 is 42.9. The van der Waals surface area contributed by atoms with Crippen LogP contribution in [0.1, 0.15) is 24.5 Å². The van der Waals surface area contributed by atoms with Crippen molar-refractivity contribution in [2.45, 2.75) is 31.5 Å². The second-order valence-electron chi connectivity index (χ2n) is 4.99. The average Bonchev–Trinajstić information content (AvgIpc) is 2.27. The molecule has 5 heteroatoms. The van der Waals surface area contributed by atoms with Crippen LogP contribution in [0.15, 0.2) is 18.2 Å². The van der Waals surface area contributed by atoms with Crippen LogP contribution < -0.4 is 5.32 Å². The van der Waals surface area contributed by atoms with Crippen molar-refractivity contribution in [3.63, 3.8) is 0 Å². The summed E-state index contributed by atoms with van der Waals surface area (Å²) in [5.74, 6) is 0. The van der Waals surface area contributed by atoms with Crippen molar-refractivity contribution in [1.29, 1.82) is 0 Å². The molecule has 1 aromatic carbocycles. The Morgan fingerprint density at radius 3 is 2.72 bits per heavy atom. The summed E-state index contributed by atoms with van der Waals surface area (Å²) in [6.07, 6.45) is -2.89. The van der Waals surface area contributed by atoms with Gasteiger partial charge in [-0.2, -0.15) is 13.2 Å². The number of benzene rings is 1. The lowest BCUT2D eigenvalue weighted by Crippen LogP contribution is -2.42. The standard InChI is InChI=1S/C13H16F3NO/c1-12(8-18-2)6-5-9-7-10(13(14,15)16)3-4-11(9)17-12/h3-4,7,17H,5-6,8H2,1-2H3. The van der Waals surface area contributed by atoms with Crippen LogP contribution in [0.2, 0.25) is 0 Å². The fraction of sp³-hybridized carbons (Fsp3) is 0.538. The Bertz CT molecular complexity index is 444. The van der Waals surface area contributed by atoms with Gasteiger partial charge in [0, 0.05) is 12.8 Å². The number of methoxy groups -OCH3 is 1. The van der Waals surface area contributed by atoms with Gasteiger partial charge in [0.25, 0.3) is 0 Å². The van der Waals surface area contributed by atoms with Crippen LogP contribution in [0.5, 0.6) is 0 Å². The molecule has 0 spiro atoms. The zero-order chi connectivity index (χ0) is 13.4. The molecule has 0 saturated heterocycles. The Morgan fingerprint density at radius 2 is 2.11 bits per heavy atom. The van der Waals surface area contributed by atoms with E-state index in [1.165, 1.54) is 12.1 Å². The molecule has 1 aromatic rings. The maximum atomic E-state index is 12.6. The highest BCUT2D eigenvalue weighted by Gasteiger charge is 2.33. The van der Waals surface area contributed by atoms with Crippen LogP contribution in [0.25, 0.3) is 0 Å². The third kappa shape index (κ3) is 2.61. The number of nitrogens with one attached hydrogen (secondary N) is 1. The number of alkyl halides is 3. The van der Waals surface area contributed by atoms with E-state index in [0.717, 1.165) is 23.7 Å². The Kier molecular flexibility index (Phi) is 3.27. The summed E-state index contributed by atoms with van der Waals surface area (Å²) in [5, 5.41) is 3.26. The number of rotatable bonds is 2. The lowest BCUT2D eigenvalue weighted by atomic mass is 9.87. The van der Waals surface area contributed by atoms with E-state index in [1.807, 2.05) is 6.92 Å². The third-order valence-corrected chi connectivity index (χ3v) is 3.28. The highest BCUT2D eigenvalue weighted by molar-refractivity contribution is 5.57. The van der Waals surface area contributed by atoms with Crippen LogP contribution in [0.3, 0.4) is 0 Å². The number of anilines is 1. The minimum absolute atomic E-state index is 0.207. The normalized spacial score (nSPS) is 23.4. The third-order valence-electron chi connectivity index (χ3n) is 3.28. The van der Waals surface area contributed by atoms with E-state index in [1.54, 1.807) is 7.11 Å². The minimum atomic E-state index is -4.28. The SMILES string of the molecule is COCC1(C)CCc2cc(C(F)(F)F)ccc2N1. The van der Waals surface area contributed by atoms with Gasteiger partial charge in [0.1, 0.15) is 0 Å². The number of aryl methyl sites for hydroxylation is 1. The van der Waals surface area contributed by atoms with Crippen LogP contribution in [-0.4, -0.2) is 19.3 Å². The molecule has 1 unspecified atom stereocenters. The molecule has 2 nitrogen and oxygen atoms in total. The van der Waals surface area contributed by atoms with Gasteiger partial charge in [-0.1, -0.05) is 0 Å². The van der Waals surface area contributed by atoms with Crippen molar-refractivity contribution in [3.05, 3.63) is 29.3 Å². The van der Waals surface area contributed by atoms with Crippen molar-refractivity contribution in [1.82, 2.24) is 0 Å². The summed E-state index contributed by atoms with van der Waals surface area (Å²) in [7, 11) is 1.62. The highest BCUT2D eigenvalue weighted by atomic mass is 19.4. The summed E-state index contributed by atoms with van der Waals surface area (Å²) >= 11 is 0. The topological polar surface area (TPSA) is 21.3 Å². The molecular formula is C13H16F3NO. The molecule has 0 saturated carbocycles. The van der Waals surface area contributed by atoms with Gasteiger partial charge in [0.15, 0.2) is 0 Å². The molecule has 18 heavy (non-hydrogen) atoms. The summed E-state index contributed by atoms with van der Waals surface area (Å²) in [4.78, 5) is 0. The average molecular weight is 259 g/mol. The zero-order valence-electron chi connectivity index (χ0n) is 10.4. The molecule has 1 atom stereocenters. The van der Waals surface area contributed by atoms with Gasteiger partial charge >= 0.3 is 6.18 Å². The van der Waals surface area contributed by atoms with E-state index in [-0.39, 0.29) is 5.54 Å². The Labute approximate surface area is 104 Å². The minimum Gasteiger partial charge on any atom is -0.382 e. The molecule has 100 valence electrons. The summed E-state index contributed by atoms with van der Waals surface area (Å²) in [5.41, 5.74) is 0.701. The van der Waals surface area contributed by atoms with Gasteiger partial charge in [-0.3, -0.25) is 0 Å². The molecule has 1 aliphatic rings. The van der Waals surface area contributed by atoms with Crippen LogP contribution in [0.4, 0.5) is 18.9 Å². The first-order chi connectivity index (χ1) is 8.34. The van der Waals surface area contributed by atoms with Crippen LogP contribution >= 0.6 is 0 Å². The molecule has 1 heterocycles. The van der Waals surface area contributed by atoms with Gasteiger partial charge in [-0.05, 0) is 43.5 Å². The highest BCUT2D eigenvalue weighted by Crippen LogP contribution is 2.36. The molecule has 0 radical (unpaired) electrons. The van der Waals surface area contributed by atoms with E-state index < -0.39 is 11.7 Å². The van der Waals surface area contributed by atoms with Gasteiger partial charge in [-0.15, -0.1) is 0 Å². The van der Waals surface area contributed by atoms with Crippen LogP contribution in [0, 0.1) is 0 Å². The van der Waals surface area contributed by atoms with Crippen molar-refractivity contribution in [2.24, 2.45) is 0 Å². The molecule has 0 aliphatic carbocycles. The number of hydrogen-bond donors (Lipinski definition) is 1. The first kappa shape index (κ1) is 13.2. The lowest BCUT2D eigenvalue weighted by molar-refractivity contribution is -0.137. The molecule has 1 aliphatic heterocycles. The van der Waals surface area contributed by atoms with Gasteiger partial charge in [-0.25, -0.2) is 0 Å². The van der Waals surface area contributed by atoms with Crippen molar-refractivity contribution in [3.8, 4) is 0 Å². The number of halogens is 3. The number of fused-ring (bicyclic) bond motifs is 1. The van der Waals surface area contributed by atoms with Gasteiger partial charge < -0.3 is 10.1 Å². The van der Waals surface area contributed by atoms with E-state index in [9.17, 15) is 13.2 Å². The predicted molar refractivity (Wildman–Crippen MR) is 63.7 cm³/mol. The van der Waals surface area contributed by atoms with Crippen molar-refractivity contribution < 1.29 is 17.9 Å².